The second-order valence-electron chi connectivity index (χ2n) is 8.19. The fourth-order valence-electron chi connectivity index (χ4n) is 4.38. The van der Waals surface area contributed by atoms with Crippen molar-refractivity contribution in [2.24, 2.45) is 0 Å². The normalized spacial score (nSPS) is 53.4. The molecule has 0 aromatic heterocycles. The summed E-state index contributed by atoms with van der Waals surface area (Å²) in [6.45, 7) is 1.70. The maximum atomic E-state index is 9.16. The fourth-order valence-corrected chi connectivity index (χ4v) is 4.38. The predicted octanol–water partition coefficient (Wildman–Crippen LogP) is -4.48. The highest BCUT2D eigenvalue weighted by Gasteiger charge is 2.47. The van der Waals surface area contributed by atoms with E-state index in [9.17, 15) is 0 Å². The van der Waals surface area contributed by atoms with Crippen LogP contribution in [0.4, 0.5) is 0 Å². The first-order valence-electron chi connectivity index (χ1n) is 10.1. The van der Waals surface area contributed by atoms with Gasteiger partial charge in [-0.3, -0.25) is 0 Å². The van der Waals surface area contributed by atoms with Gasteiger partial charge in [-0.25, -0.2) is 0 Å². The van der Waals surface area contributed by atoms with Crippen molar-refractivity contribution in [1.82, 2.24) is 0 Å². The number of aliphatic hydroxyl groups excluding tert-OH is 6. The summed E-state index contributed by atoms with van der Waals surface area (Å²) < 4.78 is 30.5. The quantitative estimate of drug-likeness (QED) is 0.214. The molecule has 0 radical (unpaired) electrons. The van der Waals surface area contributed by atoms with Gasteiger partial charge in [0.15, 0.2) is 0 Å². The fraction of sp³-hybridized carbons (Fsp3) is 1.00. The van der Waals surface area contributed by atoms with Crippen LogP contribution in [-0.4, -0.2) is 144 Å². The Kier molecular flexibility index (Phi) is 7.24. The van der Waals surface area contributed by atoms with Crippen LogP contribution in [0, 0.1) is 0 Å². The van der Waals surface area contributed by atoms with Crippen molar-refractivity contribution in [2.75, 3.05) is 39.6 Å². The number of ether oxygens (including phenoxy) is 6. The van der Waals surface area contributed by atoms with Crippen molar-refractivity contribution in [3.63, 3.8) is 0 Å². The first-order valence-corrected chi connectivity index (χ1v) is 10.1. The van der Waals surface area contributed by atoms with Gasteiger partial charge in [-0.05, 0) is 0 Å². The lowest BCUT2D eigenvalue weighted by Crippen LogP contribution is -2.30. The van der Waals surface area contributed by atoms with Gasteiger partial charge < -0.3 is 59.1 Å². The molecule has 6 aliphatic rings. The summed E-state index contributed by atoms with van der Waals surface area (Å²) in [4.78, 5) is 0. The molecule has 6 aliphatic heterocycles. The molecule has 6 fully saturated rings. The van der Waals surface area contributed by atoms with E-state index in [-0.39, 0.29) is 76.3 Å². The lowest BCUT2D eigenvalue weighted by molar-refractivity contribution is 0.00201. The molecular formula is C18H30O12. The molecule has 6 N–H and O–H groups in total. The van der Waals surface area contributed by atoms with Crippen LogP contribution in [0.5, 0.6) is 0 Å². The molecule has 0 spiro atoms. The van der Waals surface area contributed by atoms with Crippen LogP contribution in [0.1, 0.15) is 0 Å². The zero-order valence-corrected chi connectivity index (χ0v) is 16.3. The van der Waals surface area contributed by atoms with Crippen LogP contribution >= 0.6 is 0 Å². The molecule has 12 atom stereocenters. The molecule has 6 saturated heterocycles. The lowest BCUT2D eigenvalue weighted by atomic mass is 10.1. The summed E-state index contributed by atoms with van der Waals surface area (Å²) in [5.74, 6) is 0. The summed E-state index contributed by atoms with van der Waals surface area (Å²) in [7, 11) is 0. The van der Waals surface area contributed by atoms with Crippen molar-refractivity contribution in [1.29, 1.82) is 0 Å². The third-order valence-electron chi connectivity index (χ3n) is 6.00. The molecule has 12 heteroatoms. The van der Waals surface area contributed by atoms with Crippen molar-refractivity contribution >= 4 is 0 Å². The zero-order chi connectivity index (χ0) is 21.4. The van der Waals surface area contributed by atoms with Crippen LogP contribution in [0.2, 0.25) is 0 Å². The Hall–Kier alpha value is -0.480. The molecule has 0 unspecified atom stereocenters. The molecule has 6 heterocycles. The molecule has 0 saturated carbocycles. The van der Waals surface area contributed by atoms with Gasteiger partial charge in [0.25, 0.3) is 0 Å². The van der Waals surface area contributed by atoms with E-state index in [4.69, 9.17) is 59.1 Å². The molecule has 6 rings (SSSR count). The SMILES string of the molecule is O[C@@H]1CO[C@H]2[C@@H]1OC[C@@H]2O.O[C@@H]1CO[C@H]2[C@@H]1OC[C@H]2O.O[C@H]1CO[C@H]2[C@@H]1OC[C@@H]2O. The van der Waals surface area contributed by atoms with Gasteiger partial charge in [0, 0.05) is 0 Å². The maximum absolute atomic E-state index is 9.16. The number of hydrogen-bond acceptors (Lipinski definition) is 12. The van der Waals surface area contributed by atoms with E-state index < -0.39 is 36.6 Å². The second kappa shape index (κ2) is 9.57. The second-order valence-corrected chi connectivity index (χ2v) is 8.19. The molecule has 30 heavy (non-hydrogen) atoms. The van der Waals surface area contributed by atoms with Gasteiger partial charge >= 0.3 is 0 Å². The van der Waals surface area contributed by atoms with Crippen molar-refractivity contribution in [3.05, 3.63) is 0 Å². The molecule has 0 aromatic rings. The standard InChI is InChI=1S/3C6H10O4/c3*7-3-1-9-6-4(8)2-10-5(3)6/h3*3-8H,1-2H2/t3-,4+,5-,6-;3-,4-,5+,6+;3-,4-,5-,6-/m101/s1. The van der Waals surface area contributed by atoms with Crippen LogP contribution in [0.15, 0.2) is 0 Å². The average molecular weight is 438 g/mol. The smallest absolute Gasteiger partial charge is 0.114 e. The van der Waals surface area contributed by atoms with Crippen LogP contribution in [-0.2, 0) is 28.4 Å². The Labute approximate surface area is 172 Å². The van der Waals surface area contributed by atoms with E-state index >= 15 is 0 Å². The number of fused-ring (bicyclic) bond motifs is 3. The summed E-state index contributed by atoms with van der Waals surface area (Å²) in [6, 6.07) is 0. The highest BCUT2D eigenvalue weighted by Crippen LogP contribution is 2.28. The third kappa shape index (κ3) is 4.51. The Morgan fingerprint density at radius 2 is 0.433 bits per heavy atom. The minimum atomic E-state index is -0.554. The number of rotatable bonds is 0. The van der Waals surface area contributed by atoms with Crippen LogP contribution in [0.25, 0.3) is 0 Å². The number of hydrogen-bond donors (Lipinski definition) is 6. The van der Waals surface area contributed by atoms with E-state index in [1.807, 2.05) is 0 Å². The summed E-state index contributed by atoms with van der Waals surface area (Å²) in [5.41, 5.74) is 0. The van der Waals surface area contributed by atoms with Crippen molar-refractivity contribution in [3.8, 4) is 0 Å². The van der Waals surface area contributed by atoms with Gasteiger partial charge in [-0.1, -0.05) is 0 Å². The summed E-state index contributed by atoms with van der Waals surface area (Å²) >= 11 is 0. The highest BCUT2D eigenvalue weighted by atomic mass is 16.6. The minimum Gasteiger partial charge on any atom is -0.388 e. The van der Waals surface area contributed by atoms with Crippen molar-refractivity contribution in [2.45, 2.75) is 73.2 Å². The molecule has 12 nitrogen and oxygen atoms in total. The minimum absolute atomic E-state index is 0.284. The first-order chi connectivity index (χ1) is 14.4. The number of aliphatic hydroxyl groups is 6. The highest BCUT2D eigenvalue weighted by molar-refractivity contribution is 4.95. The van der Waals surface area contributed by atoms with E-state index in [2.05, 4.69) is 0 Å². The van der Waals surface area contributed by atoms with Gasteiger partial charge in [-0.2, -0.15) is 0 Å². The third-order valence-corrected chi connectivity index (χ3v) is 6.00. The lowest BCUT2D eigenvalue weighted by Gasteiger charge is -2.09. The van der Waals surface area contributed by atoms with Gasteiger partial charge in [0.1, 0.15) is 73.2 Å². The monoisotopic (exact) mass is 438 g/mol. The van der Waals surface area contributed by atoms with E-state index in [1.54, 1.807) is 0 Å². The van der Waals surface area contributed by atoms with Gasteiger partial charge in [0.2, 0.25) is 0 Å². The molecule has 0 amide bonds. The van der Waals surface area contributed by atoms with E-state index in [1.165, 1.54) is 0 Å². The zero-order valence-electron chi connectivity index (χ0n) is 16.3. The Morgan fingerprint density at radius 3 is 0.567 bits per heavy atom. The molecule has 0 bridgehead atoms. The Balaban J connectivity index is 0.000000109. The molecule has 174 valence electrons. The molecular weight excluding hydrogens is 408 g/mol. The first kappa shape index (κ1) is 22.7. The summed E-state index contributed by atoms with van der Waals surface area (Å²) in [5, 5.41) is 54.9. The predicted molar refractivity (Wildman–Crippen MR) is 94.5 cm³/mol. The molecule has 0 aliphatic carbocycles. The Morgan fingerprint density at radius 1 is 0.300 bits per heavy atom. The summed E-state index contributed by atoms with van der Waals surface area (Å²) in [6.07, 6.45) is -5.10. The van der Waals surface area contributed by atoms with E-state index in [0.717, 1.165) is 0 Å². The van der Waals surface area contributed by atoms with Crippen LogP contribution < -0.4 is 0 Å². The maximum Gasteiger partial charge on any atom is 0.114 e. The van der Waals surface area contributed by atoms with Crippen LogP contribution in [0.3, 0.4) is 0 Å². The Bertz CT molecular complexity index is 441. The van der Waals surface area contributed by atoms with Gasteiger partial charge in [0.05, 0.1) is 39.6 Å². The topological polar surface area (TPSA) is 177 Å². The largest absolute Gasteiger partial charge is 0.388 e. The van der Waals surface area contributed by atoms with Crippen molar-refractivity contribution < 1.29 is 59.1 Å². The molecule has 0 aromatic carbocycles. The van der Waals surface area contributed by atoms with Gasteiger partial charge in [-0.15, -0.1) is 0 Å². The van der Waals surface area contributed by atoms with E-state index in [0.29, 0.717) is 0 Å². The average Bonchev–Trinajstić information content (AvgIpc) is 3.52.